The third-order valence-corrected chi connectivity index (χ3v) is 12.5. The first-order chi connectivity index (χ1) is 32.3. The first-order valence-electron chi connectivity index (χ1n) is 22.3. The molecule has 0 unspecified atom stereocenters. The molecule has 0 bridgehead atoms. The molecule has 65 heavy (non-hydrogen) atoms. The maximum Gasteiger partial charge on any atom is 0.0540 e. The second kappa shape index (κ2) is 17.7. The molecule has 0 atom stereocenters. The predicted molar refractivity (Wildman–Crippen MR) is 277 cm³/mol. The summed E-state index contributed by atoms with van der Waals surface area (Å²) >= 11 is 0. The van der Waals surface area contributed by atoms with Gasteiger partial charge >= 0.3 is 0 Å². The Hall–Kier alpha value is -8.52. The van der Waals surface area contributed by atoms with Gasteiger partial charge in [-0.3, -0.25) is 0 Å². The molecule has 11 aromatic rings. The van der Waals surface area contributed by atoms with Gasteiger partial charge < -0.3 is 4.90 Å². The molecule has 0 aromatic heterocycles. The van der Waals surface area contributed by atoms with E-state index >= 15 is 0 Å². The van der Waals surface area contributed by atoms with Crippen molar-refractivity contribution in [1.29, 1.82) is 0 Å². The summed E-state index contributed by atoms with van der Waals surface area (Å²) in [6.07, 6.45) is 0. The van der Waals surface area contributed by atoms with E-state index in [2.05, 4.69) is 278 Å². The zero-order valence-electron chi connectivity index (χ0n) is 35.9. The normalized spacial score (nSPS) is 11.1. The molecule has 11 rings (SSSR count). The van der Waals surface area contributed by atoms with E-state index in [9.17, 15) is 0 Å². The lowest BCUT2D eigenvalue weighted by molar-refractivity contribution is 1.28. The van der Waals surface area contributed by atoms with Crippen molar-refractivity contribution in [2.75, 3.05) is 4.90 Å². The summed E-state index contributed by atoms with van der Waals surface area (Å²) in [5, 5.41) is 2.49. The van der Waals surface area contributed by atoms with E-state index in [0.29, 0.717) is 0 Å². The van der Waals surface area contributed by atoms with Crippen molar-refractivity contribution in [3.63, 3.8) is 0 Å². The molecular weight excluding hydrogens is 783 g/mol. The molecule has 306 valence electrons. The van der Waals surface area contributed by atoms with E-state index in [4.69, 9.17) is 0 Å². The molecule has 11 aromatic carbocycles. The smallest absolute Gasteiger partial charge is 0.0540 e. The van der Waals surface area contributed by atoms with Gasteiger partial charge in [-0.25, -0.2) is 0 Å². The van der Waals surface area contributed by atoms with Crippen molar-refractivity contribution in [3.8, 4) is 77.9 Å². The van der Waals surface area contributed by atoms with Gasteiger partial charge in [-0.15, -0.1) is 0 Å². The maximum absolute atomic E-state index is 2.41. The maximum atomic E-state index is 2.41. The van der Waals surface area contributed by atoms with Crippen LogP contribution in [-0.2, 0) is 0 Å². The Morgan fingerprint density at radius 1 is 0.200 bits per heavy atom. The molecule has 0 aliphatic carbocycles. The highest BCUT2D eigenvalue weighted by atomic mass is 15.1. The van der Waals surface area contributed by atoms with Crippen molar-refractivity contribution in [3.05, 3.63) is 273 Å². The number of hydrogen-bond donors (Lipinski definition) is 0. The van der Waals surface area contributed by atoms with Crippen LogP contribution in [0.25, 0.3) is 88.7 Å². The predicted octanol–water partition coefficient (Wildman–Crippen LogP) is 18.0. The van der Waals surface area contributed by atoms with Crippen molar-refractivity contribution < 1.29 is 0 Å². The van der Waals surface area contributed by atoms with Gasteiger partial charge in [-0.1, -0.05) is 243 Å². The summed E-state index contributed by atoms with van der Waals surface area (Å²) in [5.74, 6) is 0. The number of hydrogen-bond acceptors (Lipinski definition) is 1. The van der Waals surface area contributed by atoms with Crippen molar-refractivity contribution in [2.45, 2.75) is 0 Å². The number of nitrogens with zero attached hydrogens (tertiary/aromatic N) is 1. The van der Waals surface area contributed by atoms with E-state index in [-0.39, 0.29) is 0 Å². The number of anilines is 3. The summed E-state index contributed by atoms with van der Waals surface area (Å²) in [6.45, 7) is 0. The second-order valence-electron chi connectivity index (χ2n) is 16.4. The molecule has 0 aliphatic rings. The van der Waals surface area contributed by atoms with Gasteiger partial charge in [0.05, 0.1) is 5.69 Å². The Bertz CT molecular complexity index is 3370. The Kier molecular flexibility index (Phi) is 10.7. The van der Waals surface area contributed by atoms with E-state index < -0.39 is 0 Å². The van der Waals surface area contributed by atoms with Gasteiger partial charge in [-0.2, -0.15) is 0 Å². The quantitative estimate of drug-likeness (QED) is 0.133. The van der Waals surface area contributed by atoms with Crippen LogP contribution in [0.4, 0.5) is 17.1 Å². The van der Waals surface area contributed by atoms with E-state index in [1.54, 1.807) is 0 Å². The number of fused-ring (bicyclic) bond motifs is 1. The lowest BCUT2D eigenvalue weighted by atomic mass is 9.84. The largest absolute Gasteiger partial charge is 0.310 e. The molecule has 0 spiro atoms. The highest BCUT2D eigenvalue weighted by molar-refractivity contribution is 6.00. The van der Waals surface area contributed by atoms with Gasteiger partial charge in [0.25, 0.3) is 0 Å². The molecule has 1 heteroatoms. The molecule has 0 radical (unpaired) electrons. The van der Waals surface area contributed by atoms with Crippen LogP contribution in [0.1, 0.15) is 0 Å². The molecule has 0 saturated heterocycles. The third-order valence-electron chi connectivity index (χ3n) is 12.5. The summed E-state index contributed by atoms with van der Waals surface area (Å²) in [6, 6.07) is 98.8. The van der Waals surface area contributed by atoms with Crippen molar-refractivity contribution in [1.82, 2.24) is 0 Å². The Balaban J connectivity index is 1.05. The zero-order valence-corrected chi connectivity index (χ0v) is 35.9. The summed E-state index contributed by atoms with van der Waals surface area (Å²) < 4.78 is 0. The fraction of sp³-hybridized carbons (Fsp3) is 0. The molecular formula is C64H45N. The molecule has 0 aliphatic heterocycles. The average Bonchev–Trinajstić information content (AvgIpc) is 3.40. The monoisotopic (exact) mass is 827 g/mol. The van der Waals surface area contributed by atoms with Crippen LogP contribution in [-0.4, -0.2) is 0 Å². The van der Waals surface area contributed by atoms with Crippen LogP contribution in [0.3, 0.4) is 0 Å². The highest BCUT2D eigenvalue weighted by Gasteiger charge is 2.21. The summed E-state index contributed by atoms with van der Waals surface area (Å²) in [4.78, 5) is 2.41. The minimum atomic E-state index is 1.07. The van der Waals surface area contributed by atoms with Gasteiger partial charge in [0.2, 0.25) is 0 Å². The van der Waals surface area contributed by atoms with Gasteiger partial charge in [0, 0.05) is 16.9 Å². The lowest BCUT2D eigenvalue weighted by Gasteiger charge is -2.28. The molecule has 0 N–H and O–H groups in total. The zero-order chi connectivity index (χ0) is 43.4. The summed E-state index contributed by atoms with van der Waals surface area (Å²) in [7, 11) is 0. The topological polar surface area (TPSA) is 3.24 Å². The molecule has 0 fully saturated rings. The van der Waals surface area contributed by atoms with Gasteiger partial charge in [0.1, 0.15) is 0 Å². The van der Waals surface area contributed by atoms with Crippen LogP contribution < -0.4 is 4.90 Å². The lowest BCUT2D eigenvalue weighted by Crippen LogP contribution is -2.11. The Morgan fingerprint density at radius 3 is 1.18 bits per heavy atom. The number of para-hydroxylation sites is 1. The first-order valence-corrected chi connectivity index (χ1v) is 22.3. The van der Waals surface area contributed by atoms with Crippen LogP contribution in [0.15, 0.2) is 273 Å². The van der Waals surface area contributed by atoms with E-state index in [1.165, 1.54) is 72.0 Å². The fourth-order valence-electron chi connectivity index (χ4n) is 9.38. The van der Waals surface area contributed by atoms with Crippen LogP contribution in [0.2, 0.25) is 0 Å². The van der Waals surface area contributed by atoms with Crippen molar-refractivity contribution >= 4 is 27.8 Å². The fourth-order valence-corrected chi connectivity index (χ4v) is 9.38. The third kappa shape index (κ3) is 7.82. The highest BCUT2D eigenvalue weighted by Crippen LogP contribution is 2.46. The standard InChI is InChI=1S/C64H45N/c1-4-18-46(19-5-1)47-34-36-52(37-35-47)59-28-14-15-33-63(59)65(54-42-38-51(39-43-54)57-30-16-25-49-24-10-11-26-56(49)57)55-44-40-53(41-45-55)61-32-17-31-60(50-22-8-3-9-23-50)64(61)62-29-13-12-27-58(62)48-20-6-2-7-21-48/h1-45H. The second-order valence-corrected chi connectivity index (χ2v) is 16.4. The van der Waals surface area contributed by atoms with Crippen molar-refractivity contribution in [2.24, 2.45) is 0 Å². The average molecular weight is 828 g/mol. The Morgan fingerprint density at radius 2 is 0.554 bits per heavy atom. The van der Waals surface area contributed by atoms with E-state index in [0.717, 1.165) is 33.8 Å². The molecule has 0 amide bonds. The molecule has 0 saturated carbocycles. The molecule has 0 heterocycles. The van der Waals surface area contributed by atoms with E-state index in [1.807, 2.05) is 0 Å². The number of rotatable bonds is 10. The molecule has 1 nitrogen and oxygen atoms in total. The van der Waals surface area contributed by atoms with Crippen LogP contribution in [0.5, 0.6) is 0 Å². The minimum absolute atomic E-state index is 1.07. The van der Waals surface area contributed by atoms with Crippen LogP contribution >= 0.6 is 0 Å². The van der Waals surface area contributed by atoms with Gasteiger partial charge in [-0.05, 0) is 113 Å². The number of benzene rings is 11. The summed E-state index contributed by atoms with van der Waals surface area (Å²) in [5.41, 5.74) is 20.0. The van der Waals surface area contributed by atoms with Crippen LogP contribution in [0, 0.1) is 0 Å². The first kappa shape index (κ1) is 39.3. The minimum Gasteiger partial charge on any atom is -0.310 e. The SMILES string of the molecule is c1ccc(-c2ccc(-c3ccccc3N(c3ccc(-c4cccc(-c5ccccc5)c4-c4ccccc4-c4ccccc4)cc3)c3ccc(-c4cccc5ccccc45)cc3)cc2)cc1. The van der Waals surface area contributed by atoms with Gasteiger partial charge in [0.15, 0.2) is 0 Å². The Labute approximate surface area is 381 Å².